The molecule has 0 aliphatic heterocycles. The second kappa shape index (κ2) is 7.73. The summed E-state index contributed by atoms with van der Waals surface area (Å²) in [6.07, 6.45) is -5.19. The maximum Gasteiger partial charge on any atom is 0.573 e. The van der Waals surface area contributed by atoms with E-state index in [1.165, 1.54) is 12.1 Å². The molecular formula is C16H13F4NO4S. The smallest absolute Gasteiger partial charge is 0.406 e. The molecule has 1 N–H and O–H groups in total. The zero-order valence-corrected chi connectivity index (χ0v) is 13.9. The minimum Gasteiger partial charge on any atom is -0.406 e. The van der Waals surface area contributed by atoms with E-state index in [-0.39, 0.29) is 17.0 Å². The van der Waals surface area contributed by atoms with Crippen LogP contribution in [0.1, 0.15) is 6.42 Å². The minimum absolute atomic E-state index is 0.111. The minimum atomic E-state index is -4.82. The number of hydrogen-bond donors (Lipinski definition) is 1. The van der Waals surface area contributed by atoms with Crippen LogP contribution in [0.2, 0.25) is 0 Å². The number of carbonyl (C=O) groups is 1. The predicted molar refractivity (Wildman–Crippen MR) is 84.8 cm³/mol. The molecule has 0 radical (unpaired) electrons. The van der Waals surface area contributed by atoms with Crippen LogP contribution in [0.3, 0.4) is 0 Å². The molecule has 0 aliphatic rings. The predicted octanol–water partition coefficient (Wildman–Crippen LogP) is 3.53. The van der Waals surface area contributed by atoms with Crippen molar-refractivity contribution in [1.29, 1.82) is 0 Å². The van der Waals surface area contributed by atoms with Gasteiger partial charge in [-0.1, -0.05) is 0 Å². The summed E-state index contributed by atoms with van der Waals surface area (Å²) < 4.78 is 76.8. The third-order valence-corrected chi connectivity index (χ3v) is 4.87. The van der Waals surface area contributed by atoms with Gasteiger partial charge in [0, 0.05) is 12.1 Å². The van der Waals surface area contributed by atoms with Gasteiger partial charge < -0.3 is 10.1 Å². The van der Waals surface area contributed by atoms with E-state index in [4.69, 9.17) is 0 Å². The Labute approximate surface area is 146 Å². The topological polar surface area (TPSA) is 72.5 Å². The van der Waals surface area contributed by atoms with Crippen molar-refractivity contribution in [2.45, 2.75) is 17.7 Å². The van der Waals surface area contributed by atoms with E-state index in [0.29, 0.717) is 0 Å². The number of carbonyl (C=O) groups excluding carboxylic acids is 1. The number of alkyl halides is 3. The zero-order chi connectivity index (χ0) is 19.4. The van der Waals surface area contributed by atoms with Gasteiger partial charge in [0.1, 0.15) is 11.6 Å². The Bertz CT molecular complexity index is 863. The van der Waals surface area contributed by atoms with Crippen LogP contribution in [0.5, 0.6) is 5.75 Å². The van der Waals surface area contributed by atoms with Crippen LogP contribution >= 0.6 is 0 Å². The summed E-state index contributed by atoms with van der Waals surface area (Å²) in [6.45, 7) is 0. The molecule has 2 aromatic rings. The van der Waals surface area contributed by atoms with Crippen molar-refractivity contribution in [3.05, 3.63) is 54.3 Å². The summed E-state index contributed by atoms with van der Waals surface area (Å²) in [7, 11) is -3.76. The van der Waals surface area contributed by atoms with Crippen molar-refractivity contribution in [3.63, 3.8) is 0 Å². The first-order chi connectivity index (χ1) is 12.0. The van der Waals surface area contributed by atoms with Gasteiger partial charge in [0.05, 0.1) is 10.6 Å². The first-order valence-electron chi connectivity index (χ1n) is 7.19. The summed E-state index contributed by atoms with van der Waals surface area (Å²) in [6, 6.07) is 8.59. The largest absolute Gasteiger partial charge is 0.573 e. The lowest BCUT2D eigenvalue weighted by Crippen LogP contribution is -2.18. The van der Waals surface area contributed by atoms with Gasteiger partial charge in [-0.3, -0.25) is 4.79 Å². The lowest BCUT2D eigenvalue weighted by Gasteiger charge is -2.10. The fourth-order valence-corrected chi connectivity index (χ4v) is 3.19. The van der Waals surface area contributed by atoms with E-state index >= 15 is 0 Å². The van der Waals surface area contributed by atoms with Gasteiger partial charge in [-0.2, -0.15) is 0 Å². The molecule has 26 heavy (non-hydrogen) atoms. The number of ether oxygens (including phenoxy) is 1. The molecule has 0 heterocycles. The normalized spacial score (nSPS) is 11.8. The highest BCUT2D eigenvalue weighted by Crippen LogP contribution is 2.24. The van der Waals surface area contributed by atoms with E-state index in [1.54, 1.807) is 0 Å². The van der Waals surface area contributed by atoms with Gasteiger partial charge in [0.15, 0.2) is 9.84 Å². The summed E-state index contributed by atoms with van der Waals surface area (Å²) in [5, 5.41) is 2.36. The monoisotopic (exact) mass is 391 g/mol. The van der Waals surface area contributed by atoms with Crippen molar-refractivity contribution >= 4 is 21.4 Å². The second-order valence-electron chi connectivity index (χ2n) is 5.14. The molecule has 10 heteroatoms. The van der Waals surface area contributed by atoms with E-state index < -0.39 is 39.4 Å². The number of amides is 1. The lowest BCUT2D eigenvalue weighted by molar-refractivity contribution is -0.274. The Balaban J connectivity index is 1.91. The van der Waals surface area contributed by atoms with Crippen LogP contribution in [-0.2, 0) is 14.6 Å². The first-order valence-corrected chi connectivity index (χ1v) is 8.84. The molecule has 0 fully saturated rings. The zero-order valence-electron chi connectivity index (χ0n) is 13.1. The molecule has 2 aromatic carbocycles. The Morgan fingerprint density at radius 1 is 1.00 bits per heavy atom. The Kier molecular flexibility index (Phi) is 5.86. The maximum absolute atomic E-state index is 12.8. The third-order valence-electron chi connectivity index (χ3n) is 3.14. The van der Waals surface area contributed by atoms with Crippen molar-refractivity contribution in [2.24, 2.45) is 0 Å². The van der Waals surface area contributed by atoms with Crippen LogP contribution in [-0.4, -0.2) is 26.4 Å². The molecular weight excluding hydrogens is 378 g/mol. The Morgan fingerprint density at radius 2 is 1.58 bits per heavy atom. The van der Waals surface area contributed by atoms with Crippen LogP contribution in [0.25, 0.3) is 0 Å². The van der Waals surface area contributed by atoms with Crippen molar-refractivity contribution in [2.75, 3.05) is 11.1 Å². The number of benzene rings is 2. The van der Waals surface area contributed by atoms with Gasteiger partial charge >= 0.3 is 6.36 Å². The molecule has 140 valence electrons. The molecule has 0 aliphatic carbocycles. The van der Waals surface area contributed by atoms with Crippen molar-refractivity contribution in [3.8, 4) is 5.75 Å². The van der Waals surface area contributed by atoms with Crippen molar-refractivity contribution < 1.29 is 35.5 Å². The highest BCUT2D eigenvalue weighted by Gasteiger charge is 2.31. The SMILES string of the molecule is O=C(CCS(=O)(=O)c1ccc(F)cc1)Nc1ccc(OC(F)(F)F)cc1. The lowest BCUT2D eigenvalue weighted by atomic mass is 10.3. The molecule has 0 saturated carbocycles. The van der Waals surface area contributed by atoms with Crippen molar-refractivity contribution in [1.82, 2.24) is 0 Å². The molecule has 1 amide bonds. The quantitative estimate of drug-likeness (QED) is 0.604. The summed E-state index contributed by atoms with van der Waals surface area (Å²) in [5.41, 5.74) is 0.184. The van der Waals surface area contributed by atoms with Crippen LogP contribution in [0, 0.1) is 5.82 Å². The van der Waals surface area contributed by atoms with Crippen LogP contribution in [0.15, 0.2) is 53.4 Å². The molecule has 0 saturated heterocycles. The summed E-state index contributed by atoms with van der Waals surface area (Å²) >= 11 is 0. The maximum atomic E-state index is 12.8. The first kappa shape index (κ1) is 19.7. The average molecular weight is 391 g/mol. The van der Waals surface area contributed by atoms with Crippen LogP contribution < -0.4 is 10.1 Å². The van der Waals surface area contributed by atoms with Gasteiger partial charge in [-0.05, 0) is 48.5 Å². The van der Waals surface area contributed by atoms with Crippen LogP contribution in [0.4, 0.5) is 23.2 Å². The van der Waals surface area contributed by atoms with Gasteiger partial charge in [0.2, 0.25) is 5.91 Å². The number of hydrogen-bond acceptors (Lipinski definition) is 4. The molecule has 0 aromatic heterocycles. The average Bonchev–Trinajstić information content (AvgIpc) is 2.54. The van der Waals surface area contributed by atoms with Gasteiger partial charge in [-0.25, -0.2) is 12.8 Å². The van der Waals surface area contributed by atoms with E-state index in [9.17, 15) is 30.8 Å². The Morgan fingerprint density at radius 3 is 2.12 bits per heavy atom. The molecule has 0 spiro atoms. The molecule has 0 unspecified atom stereocenters. The molecule has 0 bridgehead atoms. The summed E-state index contributed by atoms with van der Waals surface area (Å²) in [4.78, 5) is 11.7. The molecule has 5 nitrogen and oxygen atoms in total. The van der Waals surface area contributed by atoms with E-state index in [0.717, 1.165) is 36.4 Å². The fraction of sp³-hybridized carbons (Fsp3) is 0.188. The molecule has 0 atom stereocenters. The van der Waals surface area contributed by atoms with Gasteiger partial charge in [-0.15, -0.1) is 13.2 Å². The fourth-order valence-electron chi connectivity index (χ4n) is 1.95. The van der Waals surface area contributed by atoms with E-state index in [2.05, 4.69) is 10.1 Å². The van der Waals surface area contributed by atoms with E-state index in [1.807, 2.05) is 0 Å². The number of halogens is 4. The third kappa shape index (κ3) is 6.03. The van der Waals surface area contributed by atoms with Gasteiger partial charge in [0.25, 0.3) is 0 Å². The molecule has 2 rings (SSSR count). The number of anilines is 1. The Hall–Kier alpha value is -2.62. The second-order valence-corrected chi connectivity index (χ2v) is 7.25. The highest BCUT2D eigenvalue weighted by molar-refractivity contribution is 7.91. The standard InChI is InChI=1S/C16H13F4NO4S/c17-11-1-7-14(8-2-11)26(23,24)10-9-15(22)21-12-3-5-13(6-4-12)25-16(18,19)20/h1-8H,9-10H2,(H,21,22). The summed E-state index contributed by atoms with van der Waals surface area (Å²) in [5.74, 6) is -2.17. The number of sulfone groups is 1. The number of rotatable bonds is 6. The number of nitrogens with one attached hydrogen (secondary N) is 1. The highest BCUT2D eigenvalue weighted by atomic mass is 32.2.